The van der Waals surface area contributed by atoms with Crippen LogP contribution >= 0.6 is 0 Å². The number of β-lactam (4-membered cyclic amide) rings is 1. The van der Waals surface area contributed by atoms with Gasteiger partial charge in [0.05, 0.1) is 17.9 Å². The maximum absolute atomic E-state index is 12.3. The Morgan fingerprint density at radius 1 is 1.22 bits per heavy atom. The van der Waals surface area contributed by atoms with Crippen LogP contribution in [0.2, 0.25) is 0 Å². The number of rotatable bonds is 5. The summed E-state index contributed by atoms with van der Waals surface area (Å²) in [6.45, 7) is 9.56. The highest BCUT2D eigenvalue weighted by Gasteiger charge is 2.56. The van der Waals surface area contributed by atoms with Crippen molar-refractivity contribution in [1.82, 2.24) is 5.06 Å². The van der Waals surface area contributed by atoms with Crippen molar-refractivity contribution in [3.8, 4) is 0 Å². The van der Waals surface area contributed by atoms with E-state index in [1.807, 2.05) is 65.0 Å². The van der Waals surface area contributed by atoms with Crippen LogP contribution in [0.3, 0.4) is 0 Å². The molecule has 5 nitrogen and oxygen atoms in total. The van der Waals surface area contributed by atoms with E-state index in [1.165, 1.54) is 5.06 Å². The molecule has 2 rings (SSSR count). The molecule has 1 heterocycles. The predicted molar refractivity (Wildman–Crippen MR) is 86.1 cm³/mol. The molecule has 5 heteroatoms. The highest BCUT2D eigenvalue weighted by molar-refractivity contribution is 5.90. The first-order valence-corrected chi connectivity index (χ1v) is 7.84. The van der Waals surface area contributed by atoms with E-state index in [2.05, 4.69) is 0 Å². The first kappa shape index (κ1) is 17.5. The van der Waals surface area contributed by atoms with Gasteiger partial charge in [-0.05, 0) is 40.2 Å². The van der Waals surface area contributed by atoms with Crippen LogP contribution in [0.1, 0.15) is 46.6 Å². The number of nitrogens with zero attached hydrogens (tertiary/aromatic N) is 1. The SMILES string of the molecule is CC(C)(C)OC(=O)C[C@@H]1C(=O)N(OCc2ccccc2)C1(C)C. The molecule has 1 aliphatic heterocycles. The topological polar surface area (TPSA) is 55.8 Å². The predicted octanol–water partition coefficient (Wildman–Crippen LogP) is 3.09. The number of carbonyl (C=O) groups excluding carboxylic acids is 2. The van der Waals surface area contributed by atoms with Gasteiger partial charge in [-0.15, -0.1) is 0 Å². The van der Waals surface area contributed by atoms with E-state index in [1.54, 1.807) is 0 Å². The van der Waals surface area contributed by atoms with Gasteiger partial charge in [-0.1, -0.05) is 30.3 Å². The lowest BCUT2D eigenvalue weighted by Crippen LogP contribution is -2.67. The van der Waals surface area contributed by atoms with Gasteiger partial charge < -0.3 is 4.74 Å². The summed E-state index contributed by atoms with van der Waals surface area (Å²) in [6, 6.07) is 9.66. The zero-order chi connectivity index (χ0) is 17.3. The van der Waals surface area contributed by atoms with E-state index in [9.17, 15) is 9.59 Å². The van der Waals surface area contributed by atoms with E-state index in [0.29, 0.717) is 6.61 Å². The van der Waals surface area contributed by atoms with Gasteiger partial charge in [0, 0.05) is 0 Å². The number of esters is 1. The monoisotopic (exact) mass is 319 g/mol. The zero-order valence-corrected chi connectivity index (χ0v) is 14.5. The second-order valence-corrected chi connectivity index (χ2v) is 7.39. The molecule has 1 atom stereocenters. The third-order valence-corrected chi connectivity index (χ3v) is 3.87. The Morgan fingerprint density at radius 3 is 2.35 bits per heavy atom. The summed E-state index contributed by atoms with van der Waals surface area (Å²) in [7, 11) is 0. The van der Waals surface area contributed by atoms with Crippen molar-refractivity contribution < 1.29 is 19.2 Å². The zero-order valence-electron chi connectivity index (χ0n) is 14.5. The highest BCUT2D eigenvalue weighted by atomic mass is 16.7. The Labute approximate surface area is 137 Å². The second-order valence-electron chi connectivity index (χ2n) is 7.39. The van der Waals surface area contributed by atoms with Crippen LogP contribution in [-0.2, 0) is 25.8 Å². The summed E-state index contributed by atoms with van der Waals surface area (Å²) in [5, 5.41) is 1.37. The second kappa shape index (κ2) is 6.32. The van der Waals surface area contributed by atoms with Crippen molar-refractivity contribution in [2.24, 2.45) is 5.92 Å². The summed E-state index contributed by atoms with van der Waals surface area (Å²) >= 11 is 0. The Kier molecular flexibility index (Phi) is 4.80. The van der Waals surface area contributed by atoms with Gasteiger partial charge in [0.2, 0.25) is 0 Å². The van der Waals surface area contributed by atoms with Crippen molar-refractivity contribution >= 4 is 11.9 Å². The third kappa shape index (κ3) is 4.10. The van der Waals surface area contributed by atoms with Gasteiger partial charge in [0.15, 0.2) is 0 Å². The Morgan fingerprint density at radius 2 is 1.83 bits per heavy atom. The molecule has 1 aromatic carbocycles. The van der Waals surface area contributed by atoms with Crippen LogP contribution in [0.5, 0.6) is 0 Å². The molecule has 23 heavy (non-hydrogen) atoms. The standard InChI is InChI=1S/C18H25NO4/c1-17(2,3)23-15(20)11-14-16(21)19(18(14,4)5)22-12-13-9-7-6-8-10-13/h6-10,14H,11-12H2,1-5H3/t14-/m1/s1. The first-order valence-electron chi connectivity index (χ1n) is 7.84. The summed E-state index contributed by atoms with van der Waals surface area (Å²) < 4.78 is 5.30. The average molecular weight is 319 g/mol. The number of amides is 1. The van der Waals surface area contributed by atoms with Gasteiger partial charge >= 0.3 is 5.97 Å². The first-order chi connectivity index (χ1) is 10.6. The Hall–Kier alpha value is -1.88. The van der Waals surface area contributed by atoms with Gasteiger partial charge in [-0.25, -0.2) is 5.06 Å². The lowest BCUT2D eigenvalue weighted by atomic mass is 9.76. The van der Waals surface area contributed by atoms with Crippen molar-refractivity contribution in [3.63, 3.8) is 0 Å². The fraction of sp³-hybridized carbons (Fsp3) is 0.556. The van der Waals surface area contributed by atoms with Crippen molar-refractivity contribution in [2.75, 3.05) is 0 Å². The van der Waals surface area contributed by atoms with Crippen LogP contribution in [-0.4, -0.2) is 28.1 Å². The number of carbonyl (C=O) groups is 2. The van der Waals surface area contributed by atoms with Gasteiger partial charge in [0.25, 0.3) is 5.91 Å². The summed E-state index contributed by atoms with van der Waals surface area (Å²) in [5.41, 5.74) is -0.0769. The van der Waals surface area contributed by atoms with E-state index < -0.39 is 17.1 Å². The number of hydrogen-bond acceptors (Lipinski definition) is 4. The fourth-order valence-corrected chi connectivity index (χ4v) is 2.63. The van der Waals surface area contributed by atoms with Gasteiger partial charge in [-0.2, -0.15) is 0 Å². The average Bonchev–Trinajstić information content (AvgIpc) is 2.44. The molecule has 126 valence electrons. The molecule has 0 bridgehead atoms. The number of hydroxylamine groups is 2. The quantitative estimate of drug-likeness (QED) is 0.618. The van der Waals surface area contributed by atoms with E-state index >= 15 is 0 Å². The van der Waals surface area contributed by atoms with Crippen LogP contribution in [0.4, 0.5) is 0 Å². The molecule has 1 amide bonds. The molecule has 0 unspecified atom stereocenters. The minimum atomic E-state index is -0.544. The van der Waals surface area contributed by atoms with Crippen LogP contribution in [0, 0.1) is 5.92 Å². The minimum Gasteiger partial charge on any atom is -0.460 e. The molecule has 0 aromatic heterocycles. The molecule has 1 saturated heterocycles. The molecule has 1 aromatic rings. The van der Waals surface area contributed by atoms with Gasteiger partial charge in [0.1, 0.15) is 12.2 Å². The number of benzene rings is 1. The van der Waals surface area contributed by atoms with Crippen molar-refractivity contribution in [2.45, 2.75) is 58.8 Å². The molecular formula is C18H25NO4. The molecule has 0 saturated carbocycles. The minimum absolute atomic E-state index is 0.0777. The van der Waals surface area contributed by atoms with Crippen LogP contribution in [0.25, 0.3) is 0 Å². The molecule has 0 radical (unpaired) electrons. The third-order valence-electron chi connectivity index (χ3n) is 3.87. The molecule has 1 fully saturated rings. The van der Waals surface area contributed by atoms with E-state index in [4.69, 9.17) is 9.57 Å². The van der Waals surface area contributed by atoms with E-state index in [-0.39, 0.29) is 18.3 Å². The number of hydrogen-bond donors (Lipinski definition) is 0. The van der Waals surface area contributed by atoms with Crippen LogP contribution < -0.4 is 0 Å². The number of ether oxygens (including phenoxy) is 1. The molecule has 1 aliphatic rings. The summed E-state index contributed by atoms with van der Waals surface area (Å²) in [6.07, 6.45) is 0.0777. The molecule has 0 N–H and O–H groups in total. The summed E-state index contributed by atoms with van der Waals surface area (Å²) in [5.74, 6) is -0.934. The molecular weight excluding hydrogens is 294 g/mol. The normalized spacial score (nSPS) is 20.1. The van der Waals surface area contributed by atoms with Crippen molar-refractivity contribution in [1.29, 1.82) is 0 Å². The highest BCUT2D eigenvalue weighted by Crippen LogP contribution is 2.40. The van der Waals surface area contributed by atoms with Crippen molar-refractivity contribution in [3.05, 3.63) is 35.9 Å². The van der Waals surface area contributed by atoms with Crippen LogP contribution in [0.15, 0.2) is 30.3 Å². The lowest BCUT2D eigenvalue weighted by molar-refractivity contribution is -0.274. The molecule has 0 aliphatic carbocycles. The molecule has 0 spiro atoms. The largest absolute Gasteiger partial charge is 0.460 e. The van der Waals surface area contributed by atoms with E-state index in [0.717, 1.165) is 5.56 Å². The fourth-order valence-electron chi connectivity index (χ4n) is 2.63. The Bertz CT molecular complexity index is 574. The maximum atomic E-state index is 12.3. The smallest absolute Gasteiger partial charge is 0.307 e. The maximum Gasteiger partial charge on any atom is 0.307 e. The van der Waals surface area contributed by atoms with Gasteiger partial charge in [-0.3, -0.25) is 14.4 Å². The lowest BCUT2D eigenvalue weighted by Gasteiger charge is -2.52. The summed E-state index contributed by atoms with van der Waals surface area (Å²) in [4.78, 5) is 29.9. The Balaban J connectivity index is 1.91.